The lowest BCUT2D eigenvalue weighted by atomic mass is 10.1. The Labute approximate surface area is 136 Å². The van der Waals surface area contributed by atoms with E-state index in [9.17, 15) is 10.1 Å². The van der Waals surface area contributed by atoms with Gasteiger partial charge in [0, 0.05) is 26.2 Å². The largest absolute Gasteiger partial charge is 0.376 e. The van der Waals surface area contributed by atoms with Crippen LogP contribution in [-0.2, 0) is 14.3 Å². The Balaban J connectivity index is 1.65. The monoisotopic (exact) mass is 315 g/mol. The van der Waals surface area contributed by atoms with Crippen LogP contribution in [-0.4, -0.2) is 62.9 Å². The van der Waals surface area contributed by atoms with Crippen molar-refractivity contribution >= 4 is 11.6 Å². The van der Waals surface area contributed by atoms with Gasteiger partial charge in [-0.25, -0.2) is 0 Å². The van der Waals surface area contributed by atoms with E-state index in [-0.39, 0.29) is 5.91 Å². The number of hydrogen-bond donors (Lipinski definition) is 0. The van der Waals surface area contributed by atoms with Gasteiger partial charge in [-0.15, -0.1) is 0 Å². The van der Waals surface area contributed by atoms with Crippen molar-refractivity contribution in [2.24, 2.45) is 0 Å². The molecule has 0 unspecified atom stereocenters. The normalized spacial score (nSPS) is 22.3. The summed E-state index contributed by atoms with van der Waals surface area (Å²) in [6.45, 7) is 4.29. The lowest BCUT2D eigenvalue weighted by Gasteiger charge is -2.29. The molecule has 0 spiro atoms. The summed E-state index contributed by atoms with van der Waals surface area (Å²) in [4.78, 5) is 16.6. The molecule has 0 N–H and O–H groups in total. The number of ether oxygens (including phenoxy) is 2. The number of anilines is 1. The summed E-state index contributed by atoms with van der Waals surface area (Å²) in [5.41, 5.74) is 1.62. The first-order valence-corrected chi connectivity index (χ1v) is 8.02. The van der Waals surface area contributed by atoms with Gasteiger partial charge in [-0.3, -0.25) is 4.79 Å². The zero-order chi connectivity index (χ0) is 16.1. The van der Waals surface area contributed by atoms with E-state index in [1.165, 1.54) is 0 Å². The Morgan fingerprint density at radius 1 is 1.17 bits per heavy atom. The molecule has 0 aliphatic carbocycles. The number of carbonyl (C=O) groups excluding carboxylic acids is 1. The van der Waals surface area contributed by atoms with E-state index < -0.39 is 6.10 Å². The molecule has 2 saturated heterocycles. The Hall–Kier alpha value is -2.10. The van der Waals surface area contributed by atoms with Gasteiger partial charge in [0.1, 0.15) is 6.07 Å². The van der Waals surface area contributed by atoms with Crippen LogP contribution < -0.4 is 4.90 Å². The number of nitriles is 1. The standard InChI is InChI=1S/C17H21N3O3/c18-12-14-4-1-2-5-15(14)19-6-3-7-20(9-8-19)17(21)16-13-22-10-11-23-16/h1-2,4-5,16H,3,6-11,13H2/t16-/m1/s1. The Kier molecular flexibility index (Phi) is 5.11. The van der Waals surface area contributed by atoms with Crippen molar-refractivity contribution in [1.82, 2.24) is 4.90 Å². The van der Waals surface area contributed by atoms with E-state index in [1.54, 1.807) is 0 Å². The minimum atomic E-state index is -0.471. The topological polar surface area (TPSA) is 65.8 Å². The summed E-state index contributed by atoms with van der Waals surface area (Å²) in [7, 11) is 0. The summed E-state index contributed by atoms with van der Waals surface area (Å²) < 4.78 is 10.8. The van der Waals surface area contributed by atoms with Crippen LogP contribution >= 0.6 is 0 Å². The predicted octanol–water partition coefficient (Wildman–Crippen LogP) is 1.01. The van der Waals surface area contributed by atoms with Gasteiger partial charge in [0.05, 0.1) is 31.1 Å². The molecular weight excluding hydrogens is 294 g/mol. The third-order valence-corrected chi connectivity index (χ3v) is 4.26. The van der Waals surface area contributed by atoms with Gasteiger partial charge >= 0.3 is 0 Å². The highest BCUT2D eigenvalue weighted by Gasteiger charge is 2.29. The molecule has 6 heteroatoms. The van der Waals surface area contributed by atoms with Crippen LogP contribution in [0.2, 0.25) is 0 Å². The zero-order valence-corrected chi connectivity index (χ0v) is 13.1. The van der Waals surface area contributed by atoms with Crippen LogP contribution in [0, 0.1) is 11.3 Å². The van der Waals surface area contributed by atoms with Crippen LogP contribution in [0.25, 0.3) is 0 Å². The maximum absolute atomic E-state index is 12.5. The van der Waals surface area contributed by atoms with Crippen LogP contribution in [0.1, 0.15) is 12.0 Å². The van der Waals surface area contributed by atoms with Crippen LogP contribution in [0.3, 0.4) is 0 Å². The van der Waals surface area contributed by atoms with E-state index in [4.69, 9.17) is 9.47 Å². The van der Waals surface area contributed by atoms with Crippen molar-refractivity contribution in [3.8, 4) is 6.07 Å². The zero-order valence-electron chi connectivity index (χ0n) is 13.1. The molecule has 2 fully saturated rings. The Morgan fingerprint density at radius 2 is 2.04 bits per heavy atom. The predicted molar refractivity (Wildman–Crippen MR) is 85.1 cm³/mol. The molecule has 6 nitrogen and oxygen atoms in total. The van der Waals surface area contributed by atoms with Gasteiger partial charge < -0.3 is 19.3 Å². The first-order valence-electron chi connectivity index (χ1n) is 8.02. The number of amides is 1. The van der Waals surface area contributed by atoms with Gasteiger partial charge in [-0.1, -0.05) is 12.1 Å². The first kappa shape index (κ1) is 15.8. The number of nitrogens with zero attached hydrogens (tertiary/aromatic N) is 3. The van der Waals surface area contributed by atoms with Crippen molar-refractivity contribution in [3.63, 3.8) is 0 Å². The molecule has 1 aromatic rings. The highest BCUT2D eigenvalue weighted by molar-refractivity contribution is 5.81. The SMILES string of the molecule is N#Cc1ccccc1N1CCCN(C(=O)[C@H]2COCCO2)CC1. The number of benzene rings is 1. The molecule has 1 amide bonds. The maximum Gasteiger partial charge on any atom is 0.254 e. The molecule has 0 radical (unpaired) electrons. The summed E-state index contributed by atoms with van der Waals surface area (Å²) >= 11 is 0. The molecule has 1 aromatic carbocycles. The summed E-state index contributed by atoms with van der Waals surface area (Å²) in [5.74, 6) is 0.0140. The fourth-order valence-electron chi connectivity index (χ4n) is 3.06. The second kappa shape index (κ2) is 7.44. The van der Waals surface area contributed by atoms with Gasteiger partial charge in [-0.05, 0) is 18.6 Å². The average Bonchev–Trinajstić information content (AvgIpc) is 2.88. The van der Waals surface area contributed by atoms with E-state index in [0.29, 0.717) is 38.5 Å². The highest BCUT2D eigenvalue weighted by Crippen LogP contribution is 2.21. The molecule has 2 aliphatic rings. The third-order valence-electron chi connectivity index (χ3n) is 4.26. The molecule has 2 heterocycles. The molecule has 0 saturated carbocycles. The van der Waals surface area contributed by atoms with Crippen molar-refractivity contribution < 1.29 is 14.3 Å². The molecule has 1 atom stereocenters. The minimum Gasteiger partial charge on any atom is -0.376 e. The van der Waals surface area contributed by atoms with Crippen molar-refractivity contribution in [3.05, 3.63) is 29.8 Å². The second-order valence-electron chi connectivity index (χ2n) is 5.73. The summed E-state index contributed by atoms with van der Waals surface area (Å²) in [6.07, 6.45) is 0.403. The van der Waals surface area contributed by atoms with Crippen LogP contribution in [0.4, 0.5) is 5.69 Å². The Morgan fingerprint density at radius 3 is 2.83 bits per heavy atom. The van der Waals surface area contributed by atoms with Crippen LogP contribution in [0.15, 0.2) is 24.3 Å². The molecule has 122 valence electrons. The molecule has 3 rings (SSSR count). The quantitative estimate of drug-likeness (QED) is 0.815. The average molecular weight is 315 g/mol. The van der Waals surface area contributed by atoms with Crippen molar-refractivity contribution in [2.45, 2.75) is 12.5 Å². The van der Waals surface area contributed by atoms with Gasteiger partial charge in [-0.2, -0.15) is 5.26 Å². The fraction of sp³-hybridized carbons (Fsp3) is 0.529. The summed E-state index contributed by atoms with van der Waals surface area (Å²) in [6, 6.07) is 9.85. The number of para-hydroxylation sites is 1. The van der Waals surface area contributed by atoms with Gasteiger partial charge in [0.2, 0.25) is 0 Å². The van der Waals surface area contributed by atoms with Gasteiger partial charge in [0.25, 0.3) is 5.91 Å². The fourth-order valence-corrected chi connectivity index (χ4v) is 3.06. The lowest BCUT2D eigenvalue weighted by molar-refractivity contribution is -0.157. The summed E-state index contributed by atoms with van der Waals surface area (Å²) in [5, 5.41) is 9.26. The number of carbonyl (C=O) groups is 1. The second-order valence-corrected chi connectivity index (χ2v) is 5.73. The lowest BCUT2D eigenvalue weighted by Crippen LogP contribution is -2.46. The van der Waals surface area contributed by atoms with E-state index in [1.807, 2.05) is 29.2 Å². The number of hydrogen-bond acceptors (Lipinski definition) is 5. The van der Waals surface area contributed by atoms with Crippen molar-refractivity contribution in [1.29, 1.82) is 5.26 Å². The van der Waals surface area contributed by atoms with E-state index >= 15 is 0 Å². The van der Waals surface area contributed by atoms with E-state index in [2.05, 4.69) is 11.0 Å². The highest BCUT2D eigenvalue weighted by atomic mass is 16.6. The maximum atomic E-state index is 12.5. The smallest absolute Gasteiger partial charge is 0.254 e. The first-order chi connectivity index (χ1) is 11.3. The van der Waals surface area contributed by atoms with Gasteiger partial charge in [0.15, 0.2) is 6.10 Å². The molecular formula is C17H21N3O3. The van der Waals surface area contributed by atoms with Crippen molar-refractivity contribution in [2.75, 3.05) is 50.9 Å². The molecule has 0 bridgehead atoms. The Bertz CT molecular complexity index is 593. The van der Waals surface area contributed by atoms with E-state index in [0.717, 1.165) is 25.2 Å². The minimum absolute atomic E-state index is 0.0140. The van der Waals surface area contributed by atoms with Crippen LogP contribution in [0.5, 0.6) is 0 Å². The number of rotatable bonds is 2. The molecule has 0 aromatic heterocycles. The third kappa shape index (κ3) is 3.63. The molecule has 23 heavy (non-hydrogen) atoms. The molecule has 2 aliphatic heterocycles.